The van der Waals surface area contributed by atoms with Crippen molar-refractivity contribution < 1.29 is 14.3 Å². The third kappa shape index (κ3) is 5.63. The van der Waals surface area contributed by atoms with Gasteiger partial charge in [-0.25, -0.2) is 4.79 Å². The zero-order valence-corrected chi connectivity index (χ0v) is 12.6. The van der Waals surface area contributed by atoms with Crippen molar-refractivity contribution >= 4 is 11.7 Å². The molecule has 2 rings (SSSR count). The van der Waals surface area contributed by atoms with Crippen molar-refractivity contribution in [3.8, 4) is 5.75 Å². The average Bonchev–Trinajstić information content (AvgIpc) is 2.99. The number of amides is 2. The van der Waals surface area contributed by atoms with Gasteiger partial charge in [0.05, 0.1) is 6.10 Å². The predicted molar refractivity (Wildman–Crippen MR) is 82.8 cm³/mol. The second kappa shape index (κ2) is 8.52. The van der Waals surface area contributed by atoms with Crippen LogP contribution in [0.4, 0.5) is 10.5 Å². The van der Waals surface area contributed by atoms with E-state index in [4.69, 9.17) is 9.47 Å². The smallest absolute Gasteiger partial charge is 0.319 e. The zero-order chi connectivity index (χ0) is 14.9. The van der Waals surface area contributed by atoms with E-state index in [1.165, 1.54) is 0 Å². The molecule has 1 heterocycles. The van der Waals surface area contributed by atoms with E-state index in [2.05, 4.69) is 17.6 Å². The summed E-state index contributed by atoms with van der Waals surface area (Å²) >= 11 is 0. The molecule has 21 heavy (non-hydrogen) atoms. The number of carbonyl (C=O) groups is 1. The maximum atomic E-state index is 11.7. The molecule has 1 aliphatic rings. The number of anilines is 1. The zero-order valence-electron chi connectivity index (χ0n) is 12.6. The van der Waals surface area contributed by atoms with Gasteiger partial charge in [-0.15, -0.1) is 0 Å². The van der Waals surface area contributed by atoms with E-state index in [1.807, 2.05) is 24.3 Å². The summed E-state index contributed by atoms with van der Waals surface area (Å²) in [5, 5.41) is 5.63. The average molecular weight is 292 g/mol. The van der Waals surface area contributed by atoms with Crippen molar-refractivity contribution in [3.63, 3.8) is 0 Å². The summed E-state index contributed by atoms with van der Waals surface area (Å²) < 4.78 is 11.2. The number of nitrogens with one attached hydrogen (secondary N) is 2. The van der Waals surface area contributed by atoms with Crippen LogP contribution in [0, 0.1) is 0 Å². The minimum Gasteiger partial charge on any atom is -0.491 e. The van der Waals surface area contributed by atoms with Gasteiger partial charge in [0, 0.05) is 24.9 Å². The van der Waals surface area contributed by atoms with Crippen molar-refractivity contribution in [1.82, 2.24) is 5.32 Å². The number of urea groups is 1. The molecular formula is C16H24N2O3. The molecule has 2 N–H and O–H groups in total. The Bertz CT molecular complexity index is 445. The molecule has 0 aromatic heterocycles. The lowest BCUT2D eigenvalue weighted by Gasteiger charge is -2.13. The molecule has 1 aromatic rings. The number of rotatable bonds is 7. The molecule has 0 bridgehead atoms. The molecule has 5 nitrogen and oxygen atoms in total. The molecule has 0 spiro atoms. The fourth-order valence-electron chi connectivity index (χ4n) is 2.18. The van der Waals surface area contributed by atoms with Crippen LogP contribution in [0.5, 0.6) is 5.75 Å². The molecule has 1 saturated heterocycles. The van der Waals surface area contributed by atoms with Crippen molar-refractivity contribution in [2.75, 3.05) is 25.1 Å². The first-order valence-electron chi connectivity index (χ1n) is 7.67. The first-order chi connectivity index (χ1) is 10.3. The SMILES string of the molecule is CCCCNC(=O)Nc1cccc(OCC2CCCO2)c1. The van der Waals surface area contributed by atoms with Crippen molar-refractivity contribution in [2.45, 2.75) is 38.7 Å². The summed E-state index contributed by atoms with van der Waals surface area (Å²) in [5.74, 6) is 0.747. The summed E-state index contributed by atoms with van der Waals surface area (Å²) in [4.78, 5) is 11.7. The lowest BCUT2D eigenvalue weighted by atomic mass is 10.2. The van der Waals surface area contributed by atoms with E-state index >= 15 is 0 Å². The minimum atomic E-state index is -0.181. The molecule has 0 saturated carbocycles. The first-order valence-corrected chi connectivity index (χ1v) is 7.67. The van der Waals surface area contributed by atoms with Crippen molar-refractivity contribution in [1.29, 1.82) is 0 Å². The van der Waals surface area contributed by atoms with Gasteiger partial charge in [0.15, 0.2) is 0 Å². The Labute approximate surface area is 126 Å². The summed E-state index contributed by atoms with van der Waals surface area (Å²) in [7, 11) is 0. The summed E-state index contributed by atoms with van der Waals surface area (Å²) in [5.41, 5.74) is 0.730. The molecule has 1 aromatic carbocycles. The highest BCUT2D eigenvalue weighted by atomic mass is 16.5. The number of carbonyl (C=O) groups excluding carboxylic acids is 1. The monoisotopic (exact) mass is 292 g/mol. The second-order valence-corrected chi connectivity index (χ2v) is 5.21. The quantitative estimate of drug-likeness (QED) is 0.759. The molecule has 2 amide bonds. The van der Waals surface area contributed by atoms with Crippen LogP contribution >= 0.6 is 0 Å². The number of hydrogen-bond acceptors (Lipinski definition) is 3. The van der Waals surface area contributed by atoms with Crippen LogP contribution in [0.2, 0.25) is 0 Å². The maximum Gasteiger partial charge on any atom is 0.319 e. The van der Waals surface area contributed by atoms with Gasteiger partial charge in [0.2, 0.25) is 0 Å². The Morgan fingerprint density at radius 2 is 2.38 bits per heavy atom. The lowest BCUT2D eigenvalue weighted by molar-refractivity contribution is 0.0680. The van der Waals surface area contributed by atoms with E-state index < -0.39 is 0 Å². The fourth-order valence-corrected chi connectivity index (χ4v) is 2.18. The van der Waals surface area contributed by atoms with Crippen molar-refractivity contribution in [2.24, 2.45) is 0 Å². The molecule has 0 aliphatic carbocycles. The lowest BCUT2D eigenvalue weighted by Crippen LogP contribution is -2.29. The van der Waals surface area contributed by atoms with Crippen LogP contribution in [0.3, 0.4) is 0 Å². The van der Waals surface area contributed by atoms with E-state index in [0.717, 1.165) is 43.7 Å². The van der Waals surface area contributed by atoms with E-state index in [1.54, 1.807) is 0 Å². The Morgan fingerprint density at radius 3 is 3.14 bits per heavy atom. The van der Waals surface area contributed by atoms with Gasteiger partial charge in [-0.2, -0.15) is 0 Å². The summed E-state index contributed by atoms with van der Waals surface area (Å²) in [6, 6.07) is 7.24. The molecular weight excluding hydrogens is 268 g/mol. The van der Waals surface area contributed by atoms with Gasteiger partial charge in [0.1, 0.15) is 12.4 Å². The van der Waals surface area contributed by atoms with Gasteiger partial charge in [-0.3, -0.25) is 0 Å². The molecule has 1 aliphatic heterocycles. The van der Waals surface area contributed by atoms with Gasteiger partial charge >= 0.3 is 6.03 Å². The molecule has 1 atom stereocenters. The Kier molecular flexibility index (Phi) is 6.34. The third-order valence-corrected chi connectivity index (χ3v) is 3.37. The van der Waals surface area contributed by atoms with Gasteiger partial charge in [0.25, 0.3) is 0 Å². The largest absolute Gasteiger partial charge is 0.491 e. The Balaban J connectivity index is 1.78. The normalized spacial score (nSPS) is 17.5. The minimum absolute atomic E-state index is 0.181. The summed E-state index contributed by atoms with van der Waals surface area (Å²) in [6.07, 6.45) is 4.40. The van der Waals surface area contributed by atoms with Gasteiger partial charge < -0.3 is 20.1 Å². The van der Waals surface area contributed by atoms with Crippen molar-refractivity contribution in [3.05, 3.63) is 24.3 Å². The van der Waals surface area contributed by atoms with Gasteiger partial charge in [-0.1, -0.05) is 19.4 Å². The Hall–Kier alpha value is -1.75. The number of ether oxygens (including phenoxy) is 2. The van der Waals surface area contributed by atoms with Crippen LogP contribution in [0.1, 0.15) is 32.6 Å². The molecule has 1 unspecified atom stereocenters. The molecule has 1 fully saturated rings. The summed E-state index contributed by atoms with van der Waals surface area (Å²) in [6.45, 7) is 4.17. The maximum absolute atomic E-state index is 11.7. The topological polar surface area (TPSA) is 59.6 Å². The number of benzene rings is 1. The van der Waals surface area contributed by atoms with Crippen LogP contribution in [0.25, 0.3) is 0 Å². The van der Waals surface area contributed by atoms with Gasteiger partial charge in [-0.05, 0) is 31.4 Å². The third-order valence-electron chi connectivity index (χ3n) is 3.37. The van der Waals surface area contributed by atoms with E-state index in [-0.39, 0.29) is 12.1 Å². The second-order valence-electron chi connectivity index (χ2n) is 5.21. The highest BCUT2D eigenvalue weighted by Crippen LogP contribution is 2.19. The predicted octanol–water partition coefficient (Wildman–Crippen LogP) is 3.17. The van der Waals surface area contributed by atoms with E-state index in [0.29, 0.717) is 13.2 Å². The highest BCUT2D eigenvalue weighted by molar-refractivity contribution is 5.89. The van der Waals surface area contributed by atoms with Crippen LogP contribution < -0.4 is 15.4 Å². The fraction of sp³-hybridized carbons (Fsp3) is 0.562. The van der Waals surface area contributed by atoms with Crippen LogP contribution in [-0.4, -0.2) is 31.9 Å². The number of hydrogen-bond donors (Lipinski definition) is 2. The molecule has 0 radical (unpaired) electrons. The van der Waals surface area contributed by atoms with E-state index in [9.17, 15) is 4.79 Å². The van der Waals surface area contributed by atoms with Crippen LogP contribution in [-0.2, 0) is 4.74 Å². The molecule has 5 heteroatoms. The molecule has 116 valence electrons. The van der Waals surface area contributed by atoms with Crippen LogP contribution in [0.15, 0.2) is 24.3 Å². The number of unbranched alkanes of at least 4 members (excludes halogenated alkanes) is 1. The Morgan fingerprint density at radius 1 is 1.48 bits per heavy atom. The standard InChI is InChI=1S/C16H24N2O3/c1-2-3-9-17-16(19)18-13-6-4-7-14(11-13)21-12-15-8-5-10-20-15/h4,6-7,11,15H,2-3,5,8-10,12H2,1H3,(H2,17,18,19). The highest BCUT2D eigenvalue weighted by Gasteiger charge is 2.16. The first kappa shape index (κ1) is 15.6.